The third-order valence-corrected chi connectivity index (χ3v) is 8.64. The number of esters is 2. The summed E-state index contributed by atoms with van der Waals surface area (Å²) in [5.74, 6) is -1.30. The average molecular weight is 532 g/mol. The summed E-state index contributed by atoms with van der Waals surface area (Å²) in [5, 5.41) is 11.1. The van der Waals surface area contributed by atoms with Crippen molar-refractivity contribution in [2.75, 3.05) is 19.1 Å². The first kappa shape index (κ1) is 26.6. The summed E-state index contributed by atoms with van der Waals surface area (Å²) in [4.78, 5) is 38.1. The van der Waals surface area contributed by atoms with E-state index < -0.39 is 50.1 Å². The summed E-state index contributed by atoms with van der Waals surface area (Å²) in [5.41, 5.74) is -0.695. The van der Waals surface area contributed by atoms with Gasteiger partial charge in [0.1, 0.15) is 17.8 Å². The van der Waals surface area contributed by atoms with Crippen molar-refractivity contribution in [2.24, 2.45) is 0 Å². The van der Waals surface area contributed by atoms with Crippen LogP contribution in [0.1, 0.15) is 39.2 Å². The monoisotopic (exact) mass is 531 g/mol. The highest BCUT2D eigenvalue weighted by molar-refractivity contribution is 7.89. The number of fused-ring (bicyclic) bond motifs is 3. The van der Waals surface area contributed by atoms with Crippen LogP contribution in [-0.4, -0.2) is 61.6 Å². The fourth-order valence-electron chi connectivity index (χ4n) is 5.46. The third kappa shape index (κ3) is 4.44. The van der Waals surface area contributed by atoms with E-state index in [1.54, 1.807) is 38.8 Å². The molecule has 3 atom stereocenters. The molecule has 2 aliphatic rings. The summed E-state index contributed by atoms with van der Waals surface area (Å²) in [6.07, 6.45) is -1.14. The van der Waals surface area contributed by atoms with Crippen molar-refractivity contribution in [1.29, 1.82) is 0 Å². The summed E-state index contributed by atoms with van der Waals surface area (Å²) in [7, 11) is -1.50. The number of anilines is 1. The minimum Gasteiger partial charge on any atom is -0.468 e. The summed E-state index contributed by atoms with van der Waals surface area (Å²) in [6.45, 7) is 5.23. The van der Waals surface area contributed by atoms with Crippen LogP contribution >= 0.6 is 0 Å². The second kappa shape index (κ2) is 9.10. The van der Waals surface area contributed by atoms with Gasteiger partial charge in [0, 0.05) is 30.3 Å². The lowest BCUT2D eigenvalue weighted by Crippen LogP contribution is -2.54. The highest BCUT2D eigenvalue weighted by Gasteiger charge is 2.65. The van der Waals surface area contributed by atoms with Gasteiger partial charge in [0.05, 0.1) is 23.3 Å². The Labute approximate surface area is 215 Å². The van der Waals surface area contributed by atoms with Crippen molar-refractivity contribution in [2.45, 2.75) is 61.7 Å². The van der Waals surface area contributed by atoms with Crippen LogP contribution in [0.25, 0.3) is 0 Å². The molecule has 198 valence electrons. The topological polar surface area (TPSA) is 136 Å². The number of non-ortho nitro benzene ring substituents is 1. The Morgan fingerprint density at radius 1 is 1.14 bits per heavy atom. The molecule has 0 N–H and O–H groups in total. The first-order chi connectivity index (χ1) is 17.2. The molecule has 37 heavy (non-hydrogen) atoms. The lowest BCUT2D eigenvalue weighted by molar-refractivity contribution is -0.384. The minimum atomic E-state index is -4.38. The van der Waals surface area contributed by atoms with Crippen molar-refractivity contribution >= 4 is 33.3 Å². The number of para-hydroxylation sites is 1. The van der Waals surface area contributed by atoms with Gasteiger partial charge in [0.2, 0.25) is 10.0 Å². The highest BCUT2D eigenvalue weighted by Crippen LogP contribution is 2.57. The summed E-state index contributed by atoms with van der Waals surface area (Å²) >= 11 is 0. The largest absolute Gasteiger partial charge is 0.468 e. The van der Waals surface area contributed by atoms with Crippen LogP contribution in [0.2, 0.25) is 0 Å². The molecule has 4 rings (SSSR count). The Morgan fingerprint density at radius 3 is 2.32 bits per heavy atom. The molecule has 0 aromatic heterocycles. The molecule has 0 unspecified atom stereocenters. The smallest absolute Gasteiger partial charge is 0.324 e. The average Bonchev–Trinajstić information content (AvgIpc) is 3.28. The predicted molar refractivity (Wildman–Crippen MR) is 133 cm³/mol. The van der Waals surface area contributed by atoms with Crippen LogP contribution in [0.3, 0.4) is 0 Å². The van der Waals surface area contributed by atoms with Gasteiger partial charge in [-0.05, 0) is 51.0 Å². The van der Waals surface area contributed by atoms with Crippen molar-refractivity contribution in [3.63, 3.8) is 0 Å². The van der Waals surface area contributed by atoms with E-state index in [4.69, 9.17) is 9.47 Å². The van der Waals surface area contributed by atoms with E-state index in [1.807, 2.05) is 18.2 Å². The number of sulfonamides is 1. The van der Waals surface area contributed by atoms with Crippen LogP contribution in [0.4, 0.5) is 11.4 Å². The minimum absolute atomic E-state index is 0.0167. The van der Waals surface area contributed by atoms with Gasteiger partial charge in [0.25, 0.3) is 5.69 Å². The van der Waals surface area contributed by atoms with Crippen LogP contribution < -0.4 is 4.90 Å². The maximum atomic E-state index is 14.0. The Morgan fingerprint density at radius 2 is 1.76 bits per heavy atom. The molecule has 2 aromatic rings. The summed E-state index contributed by atoms with van der Waals surface area (Å²) in [6, 6.07) is 10.5. The first-order valence-corrected chi connectivity index (χ1v) is 13.1. The molecule has 2 aromatic carbocycles. The number of carbonyl (C=O) groups is 2. The van der Waals surface area contributed by atoms with Crippen molar-refractivity contribution < 1.29 is 32.4 Å². The fourth-order valence-corrected chi connectivity index (χ4v) is 7.28. The van der Waals surface area contributed by atoms with Gasteiger partial charge < -0.3 is 14.4 Å². The molecule has 0 radical (unpaired) electrons. The van der Waals surface area contributed by atoms with Gasteiger partial charge in [-0.1, -0.05) is 18.2 Å². The van der Waals surface area contributed by atoms with E-state index in [9.17, 15) is 28.1 Å². The van der Waals surface area contributed by atoms with Crippen LogP contribution in [0.5, 0.6) is 0 Å². The van der Waals surface area contributed by atoms with Gasteiger partial charge >= 0.3 is 11.9 Å². The van der Waals surface area contributed by atoms with E-state index in [0.29, 0.717) is 0 Å². The molecule has 12 heteroatoms. The number of ether oxygens (including phenoxy) is 2. The molecular weight excluding hydrogens is 502 g/mol. The molecule has 0 spiro atoms. The van der Waals surface area contributed by atoms with Crippen molar-refractivity contribution in [1.82, 2.24) is 4.31 Å². The van der Waals surface area contributed by atoms with E-state index >= 15 is 0 Å². The zero-order valence-corrected chi connectivity index (χ0v) is 22.0. The standard InChI is InChI=1S/C25H29N3O8S/c1-24(2,3)36-21(29)15-25-14-20(22(30)35-5)27(23(25)26(4)19-9-7-6-8-18(19)25)37(33,34)17-12-10-16(11-13-17)28(31)32/h6-13,20,23H,14-15H2,1-5H3/t20-,23+,25-/m0/s1. The highest BCUT2D eigenvalue weighted by atomic mass is 32.2. The number of methoxy groups -OCH3 is 1. The molecule has 1 fully saturated rings. The van der Waals surface area contributed by atoms with E-state index in [1.165, 1.54) is 7.11 Å². The number of benzene rings is 2. The lowest BCUT2D eigenvalue weighted by atomic mass is 9.75. The quantitative estimate of drug-likeness (QED) is 0.313. The number of rotatable bonds is 6. The van der Waals surface area contributed by atoms with Crippen LogP contribution in [-0.2, 0) is 34.5 Å². The molecule has 0 saturated carbocycles. The molecule has 0 aliphatic carbocycles. The van der Waals surface area contributed by atoms with Gasteiger partial charge in [-0.2, -0.15) is 4.31 Å². The molecular formula is C25H29N3O8S. The van der Waals surface area contributed by atoms with Gasteiger partial charge in [-0.15, -0.1) is 0 Å². The molecule has 0 bridgehead atoms. The second-order valence-corrected chi connectivity index (χ2v) is 12.1. The van der Waals surface area contributed by atoms with E-state index in [0.717, 1.165) is 39.8 Å². The number of nitro benzene ring substituents is 1. The fraction of sp³-hybridized carbons (Fsp3) is 0.440. The normalized spacial score (nSPS) is 23.3. The molecule has 2 heterocycles. The molecule has 1 saturated heterocycles. The SMILES string of the molecule is COC(=O)[C@@H]1C[C@]2(CC(=O)OC(C)(C)C)c3ccccc3N(C)[C@@H]2N1S(=O)(=O)c1ccc([N+](=O)[O-])cc1. The molecule has 11 nitrogen and oxygen atoms in total. The maximum Gasteiger partial charge on any atom is 0.324 e. The number of likely N-dealkylation sites (N-methyl/N-ethyl adjacent to an activating group) is 1. The Kier molecular flexibility index (Phi) is 6.53. The zero-order valence-electron chi connectivity index (χ0n) is 21.2. The zero-order chi connectivity index (χ0) is 27.3. The van der Waals surface area contributed by atoms with Crippen LogP contribution in [0.15, 0.2) is 53.4 Å². The number of nitrogens with zero attached hydrogens (tertiary/aromatic N) is 3. The molecule has 0 amide bonds. The maximum absolute atomic E-state index is 14.0. The van der Waals surface area contributed by atoms with E-state index in [-0.39, 0.29) is 23.4 Å². The Balaban J connectivity index is 1.89. The van der Waals surface area contributed by atoms with Crippen molar-refractivity contribution in [3.8, 4) is 0 Å². The number of hydrogen-bond acceptors (Lipinski definition) is 9. The lowest BCUT2D eigenvalue weighted by Gasteiger charge is -2.36. The molecule has 2 aliphatic heterocycles. The van der Waals surface area contributed by atoms with Crippen molar-refractivity contribution in [3.05, 3.63) is 64.2 Å². The van der Waals surface area contributed by atoms with Gasteiger partial charge in [-0.3, -0.25) is 19.7 Å². The Hall–Kier alpha value is -3.51. The first-order valence-electron chi connectivity index (χ1n) is 11.6. The van der Waals surface area contributed by atoms with Gasteiger partial charge in [0.15, 0.2) is 0 Å². The van der Waals surface area contributed by atoms with E-state index in [2.05, 4.69) is 0 Å². The predicted octanol–water partition coefficient (Wildman–Crippen LogP) is 2.98. The third-order valence-electron chi connectivity index (χ3n) is 6.76. The number of nitro groups is 1. The summed E-state index contributed by atoms with van der Waals surface area (Å²) < 4.78 is 39.8. The number of hydrogen-bond donors (Lipinski definition) is 0. The van der Waals surface area contributed by atoms with Crippen LogP contribution in [0, 0.1) is 10.1 Å². The second-order valence-electron chi connectivity index (χ2n) is 10.3. The number of carbonyl (C=O) groups excluding carboxylic acids is 2. The Bertz CT molecular complexity index is 1350. The van der Waals surface area contributed by atoms with Gasteiger partial charge in [-0.25, -0.2) is 8.42 Å².